The molecule has 1 aromatic heterocycles. The van der Waals surface area contributed by atoms with Crippen molar-refractivity contribution >= 4 is 29.0 Å². The third kappa shape index (κ3) is 2.74. The third-order valence-corrected chi connectivity index (χ3v) is 3.35. The zero-order valence-corrected chi connectivity index (χ0v) is 11.6. The topological polar surface area (TPSA) is 34.9 Å². The number of benzene rings is 1. The molecule has 3 nitrogen and oxygen atoms in total. The molecular weight excluding hydrogens is 271 g/mol. The van der Waals surface area contributed by atoms with Crippen molar-refractivity contribution in [3.8, 4) is 0 Å². The molecule has 0 saturated carbocycles. The van der Waals surface area contributed by atoms with Crippen LogP contribution < -0.4 is 0 Å². The second-order valence-electron chi connectivity index (χ2n) is 4.13. The minimum Gasteiger partial charge on any atom is -0.292 e. The molecule has 2 rings (SSSR count). The standard InChI is InChI=1S/C13H12Cl2N2O/c1-8-5-12(16-17(8)2)13(18)6-9-3-4-10(14)7-11(9)15/h3-5,7H,6H2,1-2H3. The van der Waals surface area contributed by atoms with Gasteiger partial charge in [-0.3, -0.25) is 9.48 Å². The molecule has 0 aliphatic heterocycles. The van der Waals surface area contributed by atoms with E-state index >= 15 is 0 Å². The van der Waals surface area contributed by atoms with Crippen molar-refractivity contribution in [1.29, 1.82) is 0 Å². The quantitative estimate of drug-likeness (QED) is 0.808. The van der Waals surface area contributed by atoms with E-state index in [2.05, 4.69) is 5.10 Å². The van der Waals surface area contributed by atoms with Gasteiger partial charge in [0.25, 0.3) is 0 Å². The number of rotatable bonds is 3. The number of hydrogen-bond acceptors (Lipinski definition) is 2. The molecule has 0 aliphatic carbocycles. The van der Waals surface area contributed by atoms with Gasteiger partial charge in [-0.05, 0) is 30.7 Å². The van der Waals surface area contributed by atoms with E-state index in [0.717, 1.165) is 11.3 Å². The summed E-state index contributed by atoms with van der Waals surface area (Å²) in [6, 6.07) is 6.89. The lowest BCUT2D eigenvalue weighted by Crippen LogP contribution is -2.05. The van der Waals surface area contributed by atoms with E-state index < -0.39 is 0 Å². The predicted molar refractivity (Wildman–Crippen MR) is 72.4 cm³/mol. The van der Waals surface area contributed by atoms with Gasteiger partial charge in [0.1, 0.15) is 5.69 Å². The van der Waals surface area contributed by atoms with Gasteiger partial charge in [0.15, 0.2) is 5.78 Å². The molecule has 0 spiro atoms. The van der Waals surface area contributed by atoms with Gasteiger partial charge in [-0.25, -0.2) is 0 Å². The van der Waals surface area contributed by atoms with Gasteiger partial charge in [0.2, 0.25) is 0 Å². The fourth-order valence-corrected chi connectivity index (χ4v) is 2.10. The molecule has 2 aromatic rings. The minimum absolute atomic E-state index is 0.0528. The van der Waals surface area contributed by atoms with Crippen LogP contribution in [0.2, 0.25) is 10.0 Å². The van der Waals surface area contributed by atoms with Crippen molar-refractivity contribution in [2.45, 2.75) is 13.3 Å². The van der Waals surface area contributed by atoms with E-state index in [0.29, 0.717) is 15.7 Å². The van der Waals surface area contributed by atoms with E-state index in [9.17, 15) is 4.79 Å². The normalized spacial score (nSPS) is 10.7. The zero-order chi connectivity index (χ0) is 13.3. The first-order chi connectivity index (χ1) is 8.47. The van der Waals surface area contributed by atoms with Crippen molar-refractivity contribution in [1.82, 2.24) is 9.78 Å². The lowest BCUT2D eigenvalue weighted by Gasteiger charge is -2.02. The number of carbonyl (C=O) groups excluding carboxylic acids is 1. The zero-order valence-electron chi connectivity index (χ0n) is 10.1. The molecule has 0 fully saturated rings. The molecule has 0 saturated heterocycles. The number of hydrogen-bond donors (Lipinski definition) is 0. The van der Waals surface area contributed by atoms with Crippen molar-refractivity contribution in [3.05, 3.63) is 51.3 Å². The number of carbonyl (C=O) groups is 1. The van der Waals surface area contributed by atoms with Gasteiger partial charge >= 0.3 is 0 Å². The summed E-state index contributed by atoms with van der Waals surface area (Å²) in [4.78, 5) is 12.0. The van der Waals surface area contributed by atoms with Crippen LogP contribution in [0.1, 0.15) is 21.7 Å². The summed E-state index contributed by atoms with van der Waals surface area (Å²) in [6.07, 6.45) is 0.229. The lowest BCUT2D eigenvalue weighted by atomic mass is 10.1. The Morgan fingerprint density at radius 2 is 2.06 bits per heavy atom. The van der Waals surface area contributed by atoms with E-state index in [4.69, 9.17) is 23.2 Å². The second kappa shape index (κ2) is 5.12. The number of Topliss-reactive ketones (excluding diaryl/α,β-unsaturated/α-hetero) is 1. The Hall–Kier alpha value is -1.32. The maximum atomic E-state index is 12.0. The molecule has 0 bridgehead atoms. The number of aromatic nitrogens is 2. The van der Waals surface area contributed by atoms with Crippen molar-refractivity contribution in [3.63, 3.8) is 0 Å². The Balaban J connectivity index is 2.21. The summed E-state index contributed by atoms with van der Waals surface area (Å²) < 4.78 is 1.68. The minimum atomic E-state index is -0.0528. The Morgan fingerprint density at radius 1 is 1.33 bits per heavy atom. The molecule has 0 amide bonds. The Morgan fingerprint density at radius 3 is 2.61 bits per heavy atom. The summed E-state index contributed by atoms with van der Waals surface area (Å²) in [5, 5.41) is 5.21. The molecule has 0 unspecified atom stereocenters. The van der Waals surface area contributed by atoms with Crippen molar-refractivity contribution in [2.24, 2.45) is 7.05 Å². The number of nitrogens with zero attached hydrogens (tertiary/aromatic N) is 2. The van der Waals surface area contributed by atoms with Gasteiger partial charge < -0.3 is 0 Å². The van der Waals surface area contributed by atoms with Crippen LogP contribution in [0.15, 0.2) is 24.3 Å². The first kappa shape index (κ1) is 13.1. The average molecular weight is 283 g/mol. The molecule has 0 radical (unpaired) electrons. The molecule has 0 aliphatic rings. The van der Waals surface area contributed by atoms with Crippen LogP contribution in [0.4, 0.5) is 0 Å². The highest BCUT2D eigenvalue weighted by Gasteiger charge is 2.13. The van der Waals surface area contributed by atoms with E-state index in [1.54, 1.807) is 36.0 Å². The number of aryl methyl sites for hydroxylation is 2. The maximum absolute atomic E-state index is 12.0. The van der Waals surface area contributed by atoms with E-state index in [-0.39, 0.29) is 12.2 Å². The van der Waals surface area contributed by atoms with Crippen LogP contribution >= 0.6 is 23.2 Å². The summed E-state index contributed by atoms with van der Waals surface area (Å²) in [7, 11) is 1.81. The molecule has 94 valence electrons. The monoisotopic (exact) mass is 282 g/mol. The Labute approximate surface area is 115 Å². The molecular formula is C13H12Cl2N2O. The van der Waals surface area contributed by atoms with Crippen molar-refractivity contribution < 1.29 is 4.79 Å². The van der Waals surface area contributed by atoms with Crippen LogP contribution in [-0.2, 0) is 13.5 Å². The van der Waals surface area contributed by atoms with Gasteiger partial charge in [-0.1, -0.05) is 29.3 Å². The SMILES string of the molecule is Cc1cc(C(=O)Cc2ccc(Cl)cc2Cl)nn1C. The van der Waals surface area contributed by atoms with Gasteiger partial charge in [0.05, 0.1) is 0 Å². The van der Waals surface area contributed by atoms with E-state index in [1.165, 1.54) is 0 Å². The van der Waals surface area contributed by atoms with Crippen LogP contribution in [0.25, 0.3) is 0 Å². The van der Waals surface area contributed by atoms with Crippen LogP contribution in [0, 0.1) is 6.92 Å². The molecule has 18 heavy (non-hydrogen) atoms. The molecule has 1 heterocycles. The van der Waals surface area contributed by atoms with Gasteiger partial charge in [0, 0.05) is 29.2 Å². The fourth-order valence-electron chi connectivity index (χ4n) is 1.63. The fraction of sp³-hybridized carbons (Fsp3) is 0.231. The first-order valence-electron chi connectivity index (χ1n) is 5.45. The summed E-state index contributed by atoms with van der Waals surface area (Å²) in [5.41, 5.74) is 2.16. The highest BCUT2D eigenvalue weighted by atomic mass is 35.5. The van der Waals surface area contributed by atoms with Gasteiger partial charge in [-0.15, -0.1) is 0 Å². The lowest BCUT2D eigenvalue weighted by molar-refractivity contribution is 0.0987. The maximum Gasteiger partial charge on any atom is 0.187 e. The highest BCUT2D eigenvalue weighted by Crippen LogP contribution is 2.22. The summed E-state index contributed by atoms with van der Waals surface area (Å²) >= 11 is 11.8. The second-order valence-corrected chi connectivity index (χ2v) is 4.97. The number of ketones is 1. The molecule has 0 N–H and O–H groups in total. The van der Waals surface area contributed by atoms with Crippen LogP contribution in [0.5, 0.6) is 0 Å². The Bertz CT molecular complexity index is 586. The summed E-state index contributed by atoms with van der Waals surface area (Å²) in [5.74, 6) is -0.0528. The van der Waals surface area contributed by atoms with Crippen LogP contribution in [0.3, 0.4) is 0 Å². The van der Waals surface area contributed by atoms with Crippen LogP contribution in [-0.4, -0.2) is 15.6 Å². The van der Waals surface area contributed by atoms with Gasteiger partial charge in [-0.2, -0.15) is 5.10 Å². The average Bonchev–Trinajstić information content (AvgIpc) is 2.63. The smallest absolute Gasteiger partial charge is 0.187 e. The highest BCUT2D eigenvalue weighted by molar-refractivity contribution is 6.35. The number of halogens is 2. The molecule has 5 heteroatoms. The Kier molecular flexibility index (Phi) is 3.73. The third-order valence-electron chi connectivity index (χ3n) is 2.77. The summed E-state index contributed by atoms with van der Waals surface area (Å²) in [6.45, 7) is 1.90. The van der Waals surface area contributed by atoms with Crippen molar-refractivity contribution in [2.75, 3.05) is 0 Å². The molecule has 1 aromatic carbocycles. The first-order valence-corrected chi connectivity index (χ1v) is 6.20. The predicted octanol–water partition coefficient (Wildman–Crippen LogP) is 3.46. The largest absolute Gasteiger partial charge is 0.292 e. The molecule has 0 atom stereocenters. The van der Waals surface area contributed by atoms with E-state index in [1.807, 2.05) is 6.92 Å².